The van der Waals surface area contributed by atoms with E-state index < -0.39 is 0 Å². The highest BCUT2D eigenvalue weighted by Gasteiger charge is 2.13. The molecular weight excluding hydrogens is 294 g/mol. The summed E-state index contributed by atoms with van der Waals surface area (Å²) in [6, 6.07) is 2.06. The quantitative estimate of drug-likeness (QED) is 0.810. The topological polar surface area (TPSA) is 38.2 Å². The number of ether oxygens (including phenoxy) is 1. The molecule has 3 rings (SSSR count). The molecule has 0 aromatic carbocycles. The van der Waals surface area contributed by atoms with E-state index in [-0.39, 0.29) is 5.28 Å². The Morgan fingerprint density at radius 1 is 1.30 bits per heavy atom. The molecule has 0 unspecified atom stereocenters. The van der Waals surface area contributed by atoms with Gasteiger partial charge in [0.05, 0.1) is 5.39 Å². The summed E-state index contributed by atoms with van der Waals surface area (Å²) in [6.07, 6.45) is 3.95. The van der Waals surface area contributed by atoms with E-state index in [1.807, 2.05) is 0 Å². The molecule has 6 heteroatoms. The SMILES string of the molecule is Cc1cc2c(OCCN3CCCCC3)nc(Cl)nc2s1. The first-order chi connectivity index (χ1) is 9.72. The summed E-state index contributed by atoms with van der Waals surface area (Å²) in [6.45, 7) is 6.02. The Kier molecular flexibility index (Phi) is 4.38. The van der Waals surface area contributed by atoms with Crippen LogP contribution in [0.4, 0.5) is 0 Å². The first-order valence-electron chi connectivity index (χ1n) is 7.01. The number of aromatic nitrogens is 2. The van der Waals surface area contributed by atoms with Gasteiger partial charge in [0, 0.05) is 11.4 Å². The van der Waals surface area contributed by atoms with Gasteiger partial charge in [-0.25, -0.2) is 4.98 Å². The molecule has 0 radical (unpaired) electrons. The number of hydrogen-bond donors (Lipinski definition) is 0. The Hall–Kier alpha value is -0.910. The molecule has 2 aromatic rings. The molecule has 0 bridgehead atoms. The fraction of sp³-hybridized carbons (Fsp3) is 0.571. The van der Waals surface area contributed by atoms with Gasteiger partial charge in [-0.3, -0.25) is 4.90 Å². The highest BCUT2D eigenvalue weighted by atomic mass is 35.5. The van der Waals surface area contributed by atoms with Crippen molar-refractivity contribution in [1.82, 2.24) is 14.9 Å². The minimum atomic E-state index is 0.257. The molecule has 4 nitrogen and oxygen atoms in total. The standard InChI is InChI=1S/C14H18ClN3OS/c1-10-9-11-12(16-14(15)17-13(11)20-10)19-8-7-18-5-3-2-4-6-18/h9H,2-8H2,1H3. The van der Waals surface area contributed by atoms with Gasteiger partial charge in [-0.15, -0.1) is 11.3 Å². The van der Waals surface area contributed by atoms with Crippen molar-refractivity contribution in [3.63, 3.8) is 0 Å². The molecule has 0 atom stereocenters. The summed E-state index contributed by atoms with van der Waals surface area (Å²) >= 11 is 7.57. The highest BCUT2D eigenvalue weighted by molar-refractivity contribution is 7.18. The van der Waals surface area contributed by atoms with E-state index in [4.69, 9.17) is 16.3 Å². The summed E-state index contributed by atoms with van der Waals surface area (Å²) in [5.41, 5.74) is 0. The van der Waals surface area contributed by atoms with Crippen LogP contribution in [0.3, 0.4) is 0 Å². The molecule has 3 heterocycles. The number of rotatable bonds is 4. The van der Waals surface area contributed by atoms with Gasteiger partial charge in [-0.2, -0.15) is 4.98 Å². The summed E-state index contributed by atoms with van der Waals surface area (Å²) in [5.74, 6) is 0.612. The minimum Gasteiger partial charge on any atom is -0.476 e. The molecule has 0 spiro atoms. The van der Waals surface area contributed by atoms with Crippen LogP contribution in [0.1, 0.15) is 24.1 Å². The zero-order valence-electron chi connectivity index (χ0n) is 11.6. The lowest BCUT2D eigenvalue weighted by atomic mass is 10.1. The second-order valence-electron chi connectivity index (χ2n) is 5.12. The van der Waals surface area contributed by atoms with E-state index in [1.54, 1.807) is 11.3 Å². The third kappa shape index (κ3) is 3.22. The van der Waals surface area contributed by atoms with Gasteiger partial charge in [0.2, 0.25) is 11.2 Å². The summed E-state index contributed by atoms with van der Waals surface area (Å²) < 4.78 is 5.85. The van der Waals surface area contributed by atoms with Crippen LogP contribution in [0, 0.1) is 6.92 Å². The summed E-state index contributed by atoms with van der Waals surface area (Å²) in [5, 5.41) is 1.22. The lowest BCUT2D eigenvalue weighted by Gasteiger charge is -2.26. The van der Waals surface area contributed by atoms with Gasteiger partial charge in [-0.1, -0.05) is 6.42 Å². The maximum Gasteiger partial charge on any atom is 0.227 e. The minimum absolute atomic E-state index is 0.257. The summed E-state index contributed by atoms with van der Waals surface area (Å²) in [7, 11) is 0. The van der Waals surface area contributed by atoms with Crippen LogP contribution < -0.4 is 4.74 Å². The molecule has 0 saturated carbocycles. The van der Waals surface area contributed by atoms with Crippen molar-refractivity contribution in [2.24, 2.45) is 0 Å². The van der Waals surface area contributed by atoms with Crippen LogP contribution in [0.25, 0.3) is 10.2 Å². The number of likely N-dealkylation sites (tertiary alicyclic amines) is 1. The van der Waals surface area contributed by atoms with Gasteiger partial charge < -0.3 is 4.74 Å². The number of nitrogens with zero attached hydrogens (tertiary/aromatic N) is 3. The lowest BCUT2D eigenvalue weighted by Crippen LogP contribution is -2.33. The van der Waals surface area contributed by atoms with Crippen LogP contribution in [-0.4, -0.2) is 41.1 Å². The fourth-order valence-electron chi connectivity index (χ4n) is 2.56. The average Bonchev–Trinajstić information content (AvgIpc) is 2.80. The van der Waals surface area contributed by atoms with E-state index in [9.17, 15) is 0 Å². The molecule has 1 saturated heterocycles. The normalized spacial score (nSPS) is 16.7. The molecule has 1 aliphatic heterocycles. The van der Waals surface area contributed by atoms with Gasteiger partial charge >= 0.3 is 0 Å². The Labute approximate surface area is 127 Å². The van der Waals surface area contributed by atoms with E-state index in [0.717, 1.165) is 16.8 Å². The van der Waals surface area contributed by atoms with E-state index in [0.29, 0.717) is 12.5 Å². The van der Waals surface area contributed by atoms with E-state index in [2.05, 4.69) is 27.9 Å². The Bertz CT molecular complexity index is 595. The predicted octanol–water partition coefficient (Wildman–Crippen LogP) is 3.52. The molecule has 108 valence electrons. The Morgan fingerprint density at radius 3 is 2.90 bits per heavy atom. The van der Waals surface area contributed by atoms with Crippen molar-refractivity contribution < 1.29 is 4.74 Å². The zero-order chi connectivity index (χ0) is 13.9. The molecule has 0 aliphatic carbocycles. The fourth-order valence-corrected chi connectivity index (χ4v) is 3.64. The largest absolute Gasteiger partial charge is 0.476 e. The molecule has 0 N–H and O–H groups in total. The first-order valence-corrected chi connectivity index (χ1v) is 8.20. The zero-order valence-corrected chi connectivity index (χ0v) is 13.1. The molecule has 20 heavy (non-hydrogen) atoms. The van der Waals surface area contributed by atoms with Crippen LogP contribution in [-0.2, 0) is 0 Å². The molecule has 1 fully saturated rings. The second kappa shape index (κ2) is 6.24. The molecule has 0 amide bonds. The maximum absolute atomic E-state index is 5.95. The molecule has 1 aliphatic rings. The van der Waals surface area contributed by atoms with Gasteiger partial charge in [-0.05, 0) is 50.5 Å². The van der Waals surface area contributed by atoms with Crippen LogP contribution >= 0.6 is 22.9 Å². The van der Waals surface area contributed by atoms with Crippen LogP contribution in [0.2, 0.25) is 5.28 Å². The van der Waals surface area contributed by atoms with Crippen LogP contribution in [0.15, 0.2) is 6.07 Å². The third-order valence-corrected chi connectivity index (χ3v) is 4.66. The summed E-state index contributed by atoms with van der Waals surface area (Å²) in [4.78, 5) is 13.0. The Morgan fingerprint density at radius 2 is 2.10 bits per heavy atom. The van der Waals surface area contributed by atoms with Crippen LogP contribution in [0.5, 0.6) is 5.88 Å². The first kappa shape index (κ1) is 14.0. The predicted molar refractivity (Wildman–Crippen MR) is 82.9 cm³/mol. The van der Waals surface area contributed by atoms with Crippen molar-refractivity contribution >= 4 is 33.2 Å². The third-order valence-electron chi connectivity index (χ3n) is 3.55. The Balaban J connectivity index is 1.67. The molecule has 2 aromatic heterocycles. The number of halogens is 1. The van der Waals surface area contributed by atoms with Crippen molar-refractivity contribution in [3.8, 4) is 5.88 Å². The molecular formula is C14H18ClN3OS. The second-order valence-corrected chi connectivity index (χ2v) is 6.70. The highest BCUT2D eigenvalue weighted by Crippen LogP contribution is 2.30. The van der Waals surface area contributed by atoms with Crippen molar-refractivity contribution in [2.45, 2.75) is 26.2 Å². The van der Waals surface area contributed by atoms with Gasteiger partial charge in [0.1, 0.15) is 11.4 Å². The van der Waals surface area contributed by atoms with Crippen molar-refractivity contribution in [3.05, 3.63) is 16.2 Å². The number of fused-ring (bicyclic) bond motifs is 1. The van der Waals surface area contributed by atoms with Gasteiger partial charge in [0.15, 0.2) is 0 Å². The van der Waals surface area contributed by atoms with Crippen molar-refractivity contribution in [1.29, 1.82) is 0 Å². The number of hydrogen-bond acceptors (Lipinski definition) is 5. The number of piperidine rings is 1. The smallest absolute Gasteiger partial charge is 0.227 e. The van der Waals surface area contributed by atoms with E-state index in [1.165, 1.54) is 37.2 Å². The average molecular weight is 312 g/mol. The van der Waals surface area contributed by atoms with Crippen molar-refractivity contribution in [2.75, 3.05) is 26.2 Å². The number of thiophene rings is 1. The van der Waals surface area contributed by atoms with E-state index >= 15 is 0 Å². The lowest BCUT2D eigenvalue weighted by molar-refractivity contribution is 0.181. The number of aryl methyl sites for hydroxylation is 1. The van der Waals surface area contributed by atoms with Gasteiger partial charge in [0.25, 0.3) is 0 Å². The monoisotopic (exact) mass is 311 g/mol. The maximum atomic E-state index is 5.95.